The maximum Gasteiger partial charge on any atom is 0.573 e. The van der Waals surface area contributed by atoms with Crippen LogP contribution in [0.25, 0.3) is 0 Å². The lowest BCUT2D eigenvalue weighted by Gasteiger charge is -2.15. The Kier molecular flexibility index (Phi) is 4.72. The number of anilines is 1. The fourth-order valence-corrected chi connectivity index (χ4v) is 2.54. The lowest BCUT2D eigenvalue weighted by Crippen LogP contribution is -2.28. The van der Waals surface area contributed by atoms with Crippen LogP contribution in [0.15, 0.2) is 24.3 Å². The van der Waals surface area contributed by atoms with Crippen molar-refractivity contribution in [1.29, 1.82) is 0 Å². The topological polar surface area (TPSA) is 64.4 Å². The SMILES string of the molecule is N[C@@H]1CCC[C@H]1CC(=O)Nc1cccc(OC(F)(F)F)c1. The second-order valence-corrected chi connectivity index (χ2v) is 5.18. The van der Waals surface area contributed by atoms with Gasteiger partial charge in [0.05, 0.1) is 0 Å². The van der Waals surface area contributed by atoms with Crippen LogP contribution in [0.3, 0.4) is 0 Å². The van der Waals surface area contributed by atoms with Crippen molar-refractivity contribution in [1.82, 2.24) is 0 Å². The van der Waals surface area contributed by atoms with E-state index < -0.39 is 6.36 Å². The normalized spacial score (nSPS) is 22.1. The van der Waals surface area contributed by atoms with Crippen LogP contribution in [0.1, 0.15) is 25.7 Å². The second kappa shape index (κ2) is 6.34. The van der Waals surface area contributed by atoms with Gasteiger partial charge in [-0.15, -0.1) is 13.2 Å². The summed E-state index contributed by atoms with van der Waals surface area (Å²) >= 11 is 0. The maximum atomic E-state index is 12.1. The minimum absolute atomic E-state index is 0.0237. The Labute approximate surface area is 120 Å². The van der Waals surface area contributed by atoms with Crippen LogP contribution in [0.4, 0.5) is 18.9 Å². The maximum absolute atomic E-state index is 12.1. The number of hydrogen-bond acceptors (Lipinski definition) is 3. The van der Waals surface area contributed by atoms with E-state index in [0.29, 0.717) is 0 Å². The van der Waals surface area contributed by atoms with E-state index in [1.54, 1.807) is 0 Å². The molecule has 0 radical (unpaired) electrons. The number of ether oxygens (including phenoxy) is 1. The van der Waals surface area contributed by atoms with E-state index in [-0.39, 0.29) is 35.7 Å². The van der Waals surface area contributed by atoms with Crippen LogP contribution in [0, 0.1) is 5.92 Å². The van der Waals surface area contributed by atoms with E-state index >= 15 is 0 Å². The molecule has 1 aliphatic rings. The summed E-state index contributed by atoms with van der Waals surface area (Å²) in [6.45, 7) is 0. The van der Waals surface area contributed by atoms with Gasteiger partial charge in [0.25, 0.3) is 0 Å². The molecule has 0 saturated heterocycles. The van der Waals surface area contributed by atoms with Crippen LogP contribution in [-0.4, -0.2) is 18.3 Å². The third-order valence-corrected chi connectivity index (χ3v) is 3.52. The average Bonchev–Trinajstić information content (AvgIpc) is 2.73. The highest BCUT2D eigenvalue weighted by Gasteiger charge is 2.31. The average molecular weight is 302 g/mol. The molecule has 0 aromatic heterocycles. The number of alkyl halides is 3. The Morgan fingerprint density at radius 2 is 2.14 bits per heavy atom. The van der Waals surface area contributed by atoms with Crippen molar-refractivity contribution in [3.8, 4) is 5.75 Å². The first-order chi connectivity index (χ1) is 9.83. The number of amides is 1. The molecule has 21 heavy (non-hydrogen) atoms. The summed E-state index contributed by atoms with van der Waals surface area (Å²) < 4.78 is 40.2. The van der Waals surface area contributed by atoms with Gasteiger partial charge in [-0.3, -0.25) is 4.79 Å². The molecular formula is C14H17F3N2O2. The molecule has 2 rings (SSSR count). The van der Waals surface area contributed by atoms with E-state index in [4.69, 9.17) is 5.73 Å². The molecule has 4 nitrogen and oxygen atoms in total. The van der Waals surface area contributed by atoms with E-state index in [0.717, 1.165) is 25.3 Å². The molecule has 0 aliphatic heterocycles. The molecule has 1 aliphatic carbocycles. The van der Waals surface area contributed by atoms with Crippen molar-refractivity contribution in [2.45, 2.75) is 38.1 Å². The van der Waals surface area contributed by atoms with Crippen LogP contribution >= 0.6 is 0 Å². The molecule has 2 atom stereocenters. The molecule has 3 N–H and O–H groups in total. The van der Waals surface area contributed by atoms with Gasteiger partial charge in [0, 0.05) is 24.2 Å². The zero-order valence-corrected chi connectivity index (χ0v) is 11.3. The van der Waals surface area contributed by atoms with Gasteiger partial charge in [0.1, 0.15) is 5.75 Å². The lowest BCUT2D eigenvalue weighted by atomic mass is 10.00. The van der Waals surface area contributed by atoms with Crippen LogP contribution in [0.5, 0.6) is 5.75 Å². The van der Waals surface area contributed by atoms with Crippen LogP contribution in [0.2, 0.25) is 0 Å². The van der Waals surface area contributed by atoms with Gasteiger partial charge in [-0.1, -0.05) is 12.5 Å². The van der Waals surface area contributed by atoms with Crippen molar-refractivity contribution < 1.29 is 22.7 Å². The van der Waals surface area contributed by atoms with Gasteiger partial charge in [-0.2, -0.15) is 0 Å². The highest BCUT2D eigenvalue weighted by Crippen LogP contribution is 2.28. The van der Waals surface area contributed by atoms with Gasteiger partial charge < -0.3 is 15.8 Å². The summed E-state index contributed by atoms with van der Waals surface area (Å²) in [5.41, 5.74) is 6.16. The highest BCUT2D eigenvalue weighted by atomic mass is 19.4. The molecule has 1 fully saturated rings. The van der Waals surface area contributed by atoms with Crippen molar-refractivity contribution in [2.75, 3.05) is 5.32 Å². The summed E-state index contributed by atoms with van der Waals surface area (Å²) in [6.07, 6.45) is -1.64. The molecule has 116 valence electrons. The molecule has 0 bridgehead atoms. The van der Waals surface area contributed by atoms with Crippen molar-refractivity contribution in [2.24, 2.45) is 11.7 Å². The molecular weight excluding hydrogens is 285 g/mol. The first-order valence-corrected chi connectivity index (χ1v) is 6.75. The van der Waals surface area contributed by atoms with Gasteiger partial charge in [0.15, 0.2) is 0 Å². The van der Waals surface area contributed by atoms with Crippen LogP contribution < -0.4 is 15.8 Å². The Bertz CT molecular complexity index is 505. The van der Waals surface area contributed by atoms with Gasteiger partial charge >= 0.3 is 6.36 Å². The van der Waals surface area contributed by atoms with Gasteiger partial charge in [-0.05, 0) is 30.9 Å². The minimum Gasteiger partial charge on any atom is -0.406 e. The van der Waals surface area contributed by atoms with E-state index in [1.807, 2.05) is 0 Å². The van der Waals surface area contributed by atoms with Crippen molar-refractivity contribution in [3.05, 3.63) is 24.3 Å². The summed E-state index contributed by atoms with van der Waals surface area (Å²) in [5, 5.41) is 2.57. The van der Waals surface area contributed by atoms with Gasteiger partial charge in [-0.25, -0.2) is 0 Å². The molecule has 0 unspecified atom stereocenters. The summed E-state index contributed by atoms with van der Waals surface area (Å²) in [4.78, 5) is 11.9. The third kappa shape index (κ3) is 4.93. The summed E-state index contributed by atoms with van der Waals surface area (Å²) in [7, 11) is 0. The highest BCUT2D eigenvalue weighted by molar-refractivity contribution is 5.91. The fourth-order valence-electron chi connectivity index (χ4n) is 2.54. The molecule has 0 spiro atoms. The molecule has 7 heteroatoms. The van der Waals surface area contributed by atoms with E-state index in [9.17, 15) is 18.0 Å². The Balaban J connectivity index is 1.93. The molecule has 1 saturated carbocycles. The number of carbonyl (C=O) groups excluding carboxylic acids is 1. The lowest BCUT2D eigenvalue weighted by molar-refractivity contribution is -0.274. The number of benzene rings is 1. The van der Waals surface area contributed by atoms with E-state index in [1.165, 1.54) is 18.2 Å². The second-order valence-electron chi connectivity index (χ2n) is 5.18. The minimum atomic E-state index is -4.75. The molecule has 0 heterocycles. The van der Waals surface area contributed by atoms with Crippen molar-refractivity contribution in [3.63, 3.8) is 0 Å². The molecule has 1 aromatic rings. The smallest absolute Gasteiger partial charge is 0.406 e. The van der Waals surface area contributed by atoms with Crippen LogP contribution in [-0.2, 0) is 4.79 Å². The first kappa shape index (κ1) is 15.6. The number of rotatable bonds is 4. The zero-order valence-electron chi connectivity index (χ0n) is 11.3. The summed E-state index contributed by atoms with van der Waals surface area (Å²) in [5.74, 6) is -0.473. The Morgan fingerprint density at radius 1 is 1.38 bits per heavy atom. The Morgan fingerprint density at radius 3 is 2.76 bits per heavy atom. The van der Waals surface area contributed by atoms with E-state index in [2.05, 4.69) is 10.1 Å². The first-order valence-electron chi connectivity index (χ1n) is 6.75. The van der Waals surface area contributed by atoms with Crippen molar-refractivity contribution >= 4 is 11.6 Å². The number of hydrogen-bond donors (Lipinski definition) is 2. The number of halogens is 3. The molecule has 1 aromatic carbocycles. The molecule has 1 amide bonds. The standard InChI is InChI=1S/C14H17F3N2O2/c15-14(16,17)21-11-5-2-4-10(8-11)19-13(20)7-9-3-1-6-12(9)18/h2,4-5,8-9,12H,1,3,6-7,18H2,(H,19,20)/t9-,12+/m0/s1. The Hall–Kier alpha value is -1.76. The van der Waals surface area contributed by atoms with Gasteiger partial charge in [0.2, 0.25) is 5.91 Å². The largest absolute Gasteiger partial charge is 0.573 e. The predicted octanol–water partition coefficient (Wildman–Crippen LogP) is 3.04. The fraction of sp³-hybridized carbons (Fsp3) is 0.500. The quantitative estimate of drug-likeness (QED) is 0.898. The summed E-state index contributed by atoms with van der Waals surface area (Å²) in [6, 6.07) is 5.24. The zero-order chi connectivity index (χ0) is 15.5. The number of carbonyl (C=O) groups is 1. The third-order valence-electron chi connectivity index (χ3n) is 3.52. The number of nitrogens with one attached hydrogen (secondary N) is 1. The predicted molar refractivity (Wildman–Crippen MR) is 71.7 cm³/mol. The monoisotopic (exact) mass is 302 g/mol. The number of nitrogens with two attached hydrogens (primary N) is 1.